The summed E-state index contributed by atoms with van der Waals surface area (Å²) >= 11 is 0. The molecule has 102 valence electrons. The van der Waals surface area contributed by atoms with Crippen molar-refractivity contribution in [3.8, 4) is 0 Å². The van der Waals surface area contributed by atoms with Crippen LogP contribution in [0.25, 0.3) is 0 Å². The highest BCUT2D eigenvalue weighted by Crippen LogP contribution is 2.29. The van der Waals surface area contributed by atoms with Gasteiger partial charge in [0.25, 0.3) is 0 Å². The number of hydrogen-bond donors (Lipinski definition) is 3. The van der Waals surface area contributed by atoms with Crippen LogP contribution in [0.3, 0.4) is 0 Å². The second-order valence-electron chi connectivity index (χ2n) is 5.03. The van der Waals surface area contributed by atoms with Crippen LogP contribution in [0.2, 0.25) is 0 Å². The molecule has 2 aromatic rings. The highest BCUT2D eigenvalue weighted by molar-refractivity contribution is 5.97. The first-order valence-corrected chi connectivity index (χ1v) is 6.66. The topological polar surface area (TPSA) is 75.3 Å². The fourth-order valence-electron chi connectivity index (χ4n) is 2.67. The molecule has 20 heavy (non-hydrogen) atoms. The molecule has 0 aromatic heterocycles. The van der Waals surface area contributed by atoms with Gasteiger partial charge < -0.3 is 16.2 Å². The van der Waals surface area contributed by atoms with Crippen molar-refractivity contribution in [2.24, 2.45) is 0 Å². The predicted molar refractivity (Wildman–Crippen MR) is 79.6 cm³/mol. The van der Waals surface area contributed by atoms with Crippen LogP contribution in [0.15, 0.2) is 36.4 Å². The SMILES string of the molecule is Nc1c(Nc2ccc3c(c2)CCC3)cccc1C(=O)O. The number of aryl methyl sites for hydroxylation is 2. The highest BCUT2D eigenvalue weighted by atomic mass is 16.4. The third kappa shape index (κ3) is 2.20. The zero-order valence-electron chi connectivity index (χ0n) is 11.0. The van der Waals surface area contributed by atoms with Gasteiger partial charge in [-0.1, -0.05) is 12.1 Å². The molecule has 4 N–H and O–H groups in total. The van der Waals surface area contributed by atoms with Crippen LogP contribution in [0.4, 0.5) is 17.1 Å². The van der Waals surface area contributed by atoms with Gasteiger partial charge in [-0.05, 0) is 54.7 Å². The van der Waals surface area contributed by atoms with Gasteiger partial charge in [0, 0.05) is 5.69 Å². The van der Waals surface area contributed by atoms with Gasteiger partial charge in [0.1, 0.15) is 0 Å². The van der Waals surface area contributed by atoms with E-state index in [1.165, 1.54) is 23.6 Å². The van der Waals surface area contributed by atoms with E-state index in [1.807, 2.05) is 6.07 Å². The number of fused-ring (bicyclic) bond motifs is 1. The van der Waals surface area contributed by atoms with Gasteiger partial charge in [-0.25, -0.2) is 4.79 Å². The molecule has 0 spiro atoms. The molecule has 4 nitrogen and oxygen atoms in total. The molecule has 2 aromatic carbocycles. The first kappa shape index (κ1) is 12.5. The molecule has 1 aliphatic carbocycles. The zero-order valence-corrected chi connectivity index (χ0v) is 11.0. The number of hydrogen-bond acceptors (Lipinski definition) is 3. The molecular weight excluding hydrogens is 252 g/mol. The molecular formula is C16H16N2O2. The number of carboxylic acid groups (broad SMARTS) is 1. The van der Waals surface area contributed by atoms with Crippen molar-refractivity contribution in [1.29, 1.82) is 0 Å². The molecule has 0 fully saturated rings. The summed E-state index contributed by atoms with van der Waals surface area (Å²) in [6.45, 7) is 0. The molecule has 0 radical (unpaired) electrons. The Bertz CT molecular complexity index is 680. The lowest BCUT2D eigenvalue weighted by atomic mass is 10.1. The number of nitrogen functional groups attached to an aromatic ring is 1. The Labute approximate surface area is 117 Å². The second-order valence-corrected chi connectivity index (χ2v) is 5.03. The molecule has 0 aliphatic heterocycles. The van der Waals surface area contributed by atoms with E-state index >= 15 is 0 Å². The van der Waals surface area contributed by atoms with E-state index in [2.05, 4.69) is 17.4 Å². The van der Waals surface area contributed by atoms with E-state index in [1.54, 1.807) is 12.1 Å². The fourth-order valence-corrected chi connectivity index (χ4v) is 2.67. The summed E-state index contributed by atoms with van der Waals surface area (Å²) in [5.41, 5.74) is 10.6. The van der Waals surface area contributed by atoms with Crippen LogP contribution in [-0.2, 0) is 12.8 Å². The van der Waals surface area contributed by atoms with Crippen LogP contribution in [0, 0.1) is 0 Å². The number of benzene rings is 2. The highest BCUT2D eigenvalue weighted by Gasteiger charge is 2.13. The summed E-state index contributed by atoms with van der Waals surface area (Å²) in [5, 5.41) is 12.3. The Kier molecular flexibility index (Phi) is 3.06. The van der Waals surface area contributed by atoms with E-state index < -0.39 is 5.97 Å². The summed E-state index contributed by atoms with van der Waals surface area (Å²) in [6.07, 6.45) is 3.46. The number of anilines is 3. The van der Waals surface area contributed by atoms with Crippen molar-refractivity contribution in [3.05, 3.63) is 53.1 Å². The Balaban J connectivity index is 1.92. The summed E-state index contributed by atoms with van der Waals surface area (Å²) in [6, 6.07) is 11.2. The zero-order chi connectivity index (χ0) is 14.1. The Morgan fingerprint density at radius 3 is 2.75 bits per heavy atom. The Morgan fingerprint density at radius 1 is 1.15 bits per heavy atom. The van der Waals surface area contributed by atoms with Gasteiger partial charge in [-0.3, -0.25) is 0 Å². The predicted octanol–water partition coefficient (Wildman–Crippen LogP) is 3.20. The number of carboxylic acids is 1. The Hall–Kier alpha value is -2.49. The largest absolute Gasteiger partial charge is 0.478 e. The van der Waals surface area contributed by atoms with Crippen LogP contribution >= 0.6 is 0 Å². The normalized spacial score (nSPS) is 13.0. The van der Waals surface area contributed by atoms with Crippen molar-refractivity contribution in [2.45, 2.75) is 19.3 Å². The molecule has 1 aliphatic rings. The van der Waals surface area contributed by atoms with Gasteiger partial charge in [0.2, 0.25) is 0 Å². The summed E-state index contributed by atoms with van der Waals surface area (Å²) in [4.78, 5) is 11.1. The molecule has 0 amide bonds. The van der Waals surface area contributed by atoms with Crippen molar-refractivity contribution < 1.29 is 9.90 Å². The van der Waals surface area contributed by atoms with Crippen LogP contribution in [0.5, 0.6) is 0 Å². The first-order chi connectivity index (χ1) is 9.65. The average molecular weight is 268 g/mol. The summed E-state index contributed by atoms with van der Waals surface area (Å²) in [7, 11) is 0. The second kappa shape index (κ2) is 4.89. The molecule has 0 heterocycles. The lowest BCUT2D eigenvalue weighted by molar-refractivity contribution is 0.0698. The quantitative estimate of drug-likeness (QED) is 0.747. The van der Waals surface area contributed by atoms with Crippen molar-refractivity contribution in [1.82, 2.24) is 0 Å². The smallest absolute Gasteiger partial charge is 0.337 e. The van der Waals surface area contributed by atoms with Crippen molar-refractivity contribution >= 4 is 23.0 Å². The lowest BCUT2D eigenvalue weighted by Crippen LogP contribution is -2.05. The number of carbonyl (C=O) groups is 1. The maximum Gasteiger partial charge on any atom is 0.337 e. The van der Waals surface area contributed by atoms with Crippen LogP contribution < -0.4 is 11.1 Å². The lowest BCUT2D eigenvalue weighted by Gasteiger charge is -2.12. The maximum atomic E-state index is 11.1. The molecule has 0 saturated carbocycles. The maximum absolute atomic E-state index is 11.1. The molecule has 0 saturated heterocycles. The minimum atomic E-state index is -1.01. The molecule has 0 bridgehead atoms. The Morgan fingerprint density at radius 2 is 1.95 bits per heavy atom. The summed E-state index contributed by atoms with van der Waals surface area (Å²) < 4.78 is 0. The van der Waals surface area contributed by atoms with Crippen LogP contribution in [-0.4, -0.2) is 11.1 Å². The number of para-hydroxylation sites is 1. The number of rotatable bonds is 3. The minimum absolute atomic E-state index is 0.121. The number of nitrogens with two attached hydrogens (primary N) is 1. The molecule has 4 heteroatoms. The van der Waals surface area contributed by atoms with E-state index in [0.29, 0.717) is 5.69 Å². The minimum Gasteiger partial charge on any atom is -0.478 e. The van der Waals surface area contributed by atoms with E-state index in [-0.39, 0.29) is 11.3 Å². The van der Waals surface area contributed by atoms with Gasteiger partial charge in [-0.2, -0.15) is 0 Å². The first-order valence-electron chi connectivity index (χ1n) is 6.66. The van der Waals surface area contributed by atoms with Crippen molar-refractivity contribution in [3.63, 3.8) is 0 Å². The standard InChI is InChI=1S/C16H16N2O2/c17-15-13(16(19)20)5-2-6-14(15)18-12-8-7-10-3-1-4-11(10)9-12/h2,5-9,18H,1,3-4,17H2,(H,19,20). The van der Waals surface area contributed by atoms with Gasteiger partial charge >= 0.3 is 5.97 Å². The van der Waals surface area contributed by atoms with Gasteiger partial charge in [-0.15, -0.1) is 0 Å². The van der Waals surface area contributed by atoms with Gasteiger partial charge in [0.15, 0.2) is 0 Å². The third-order valence-corrected chi connectivity index (χ3v) is 3.71. The van der Waals surface area contributed by atoms with E-state index in [4.69, 9.17) is 10.8 Å². The van der Waals surface area contributed by atoms with E-state index in [0.717, 1.165) is 18.5 Å². The van der Waals surface area contributed by atoms with Crippen molar-refractivity contribution in [2.75, 3.05) is 11.1 Å². The average Bonchev–Trinajstić information content (AvgIpc) is 2.88. The fraction of sp³-hybridized carbons (Fsp3) is 0.188. The molecule has 0 atom stereocenters. The summed E-state index contributed by atoms with van der Waals surface area (Å²) in [5.74, 6) is -1.01. The number of aromatic carboxylic acids is 1. The number of nitrogens with one attached hydrogen (secondary N) is 1. The van der Waals surface area contributed by atoms with Crippen LogP contribution in [0.1, 0.15) is 27.9 Å². The van der Waals surface area contributed by atoms with Gasteiger partial charge in [0.05, 0.1) is 16.9 Å². The molecule has 3 rings (SSSR count). The monoisotopic (exact) mass is 268 g/mol. The third-order valence-electron chi connectivity index (χ3n) is 3.71. The van der Waals surface area contributed by atoms with E-state index in [9.17, 15) is 4.79 Å². The molecule has 0 unspecified atom stereocenters.